The maximum atomic E-state index is 13.2. The van der Waals surface area contributed by atoms with Gasteiger partial charge in [-0.1, -0.05) is 30.3 Å². The van der Waals surface area contributed by atoms with Crippen molar-refractivity contribution in [1.29, 1.82) is 0 Å². The van der Waals surface area contributed by atoms with Gasteiger partial charge in [0.05, 0.1) is 6.04 Å². The van der Waals surface area contributed by atoms with E-state index < -0.39 is 0 Å². The molecular formula is C29H36N2O4. The number of likely N-dealkylation sites (tertiary alicyclic amines) is 2. The topological polar surface area (TPSA) is 59.1 Å². The van der Waals surface area contributed by atoms with Gasteiger partial charge in [-0.05, 0) is 81.8 Å². The molecule has 3 heterocycles. The number of Topliss-reactive ketones (excluding diaryl/α,β-unsaturated/α-hetero) is 1. The van der Waals surface area contributed by atoms with E-state index in [9.17, 15) is 9.59 Å². The van der Waals surface area contributed by atoms with Crippen LogP contribution in [0, 0.1) is 11.8 Å². The third kappa shape index (κ3) is 5.53. The maximum absolute atomic E-state index is 13.2. The first kappa shape index (κ1) is 23.9. The van der Waals surface area contributed by atoms with Crippen LogP contribution in [-0.4, -0.2) is 66.9 Å². The van der Waals surface area contributed by atoms with Gasteiger partial charge in [-0.2, -0.15) is 0 Å². The van der Waals surface area contributed by atoms with E-state index in [0.717, 1.165) is 58.3 Å². The number of ether oxygens (including phenoxy) is 2. The van der Waals surface area contributed by atoms with E-state index in [4.69, 9.17) is 9.47 Å². The van der Waals surface area contributed by atoms with Gasteiger partial charge in [-0.15, -0.1) is 0 Å². The predicted molar refractivity (Wildman–Crippen MR) is 135 cm³/mol. The zero-order valence-electron chi connectivity index (χ0n) is 20.7. The number of rotatable bonds is 6. The molecule has 1 atom stereocenters. The highest BCUT2D eigenvalue weighted by atomic mass is 16.6. The second-order valence-corrected chi connectivity index (χ2v) is 10.2. The van der Waals surface area contributed by atoms with E-state index in [1.807, 2.05) is 25.1 Å². The second kappa shape index (κ2) is 10.8. The summed E-state index contributed by atoms with van der Waals surface area (Å²) in [7, 11) is 0. The number of piperidine rings is 2. The van der Waals surface area contributed by atoms with E-state index in [1.54, 1.807) is 0 Å². The van der Waals surface area contributed by atoms with E-state index in [0.29, 0.717) is 36.2 Å². The summed E-state index contributed by atoms with van der Waals surface area (Å²) in [5.74, 6) is 2.41. The third-order valence-corrected chi connectivity index (χ3v) is 7.93. The molecule has 6 heteroatoms. The summed E-state index contributed by atoms with van der Waals surface area (Å²) in [6, 6.07) is 16.0. The first-order valence-electron chi connectivity index (χ1n) is 13.1. The molecule has 0 bridgehead atoms. The van der Waals surface area contributed by atoms with Crippen molar-refractivity contribution >= 4 is 11.7 Å². The summed E-state index contributed by atoms with van der Waals surface area (Å²) >= 11 is 0. The van der Waals surface area contributed by atoms with E-state index in [-0.39, 0.29) is 23.7 Å². The van der Waals surface area contributed by atoms with E-state index in [2.05, 4.69) is 40.1 Å². The Morgan fingerprint density at radius 2 is 1.57 bits per heavy atom. The molecule has 35 heavy (non-hydrogen) atoms. The largest absolute Gasteiger partial charge is 0.486 e. The number of benzene rings is 2. The monoisotopic (exact) mass is 476 g/mol. The summed E-state index contributed by atoms with van der Waals surface area (Å²) in [6.07, 6.45) is 4.80. The van der Waals surface area contributed by atoms with E-state index in [1.165, 1.54) is 5.56 Å². The Bertz CT molecular complexity index is 1020. The minimum absolute atomic E-state index is 0.00941. The van der Waals surface area contributed by atoms with Gasteiger partial charge < -0.3 is 14.4 Å². The lowest BCUT2D eigenvalue weighted by Gasteiger charge is -2.39. The van der Waals surface area contributed by atoms with Gasteiger partial charge in [0, 0.05) is 24.6 Å². The number of hydrogen-bond acceptors (Lipinski definition) is 5. The summed E-state index contributed by atoms with van der Waals surface area (Å²) in [4.78, 5) is 30.7. The molecule has 6 nitrogen and oxygen atoms in total. The van der Waals surface area contributed by atoms with Crippen molar-refractivity contribution in [3.05, 3.63) is 59.7 Å². The lowest BCUT2D eigenvalue weighted by Crippen LogP contribution is -2.52. The number of carbonyl (C=O) groups excluding carboxylic acids is 2. The molecule has 2 fully saturated rings. The number of ketones is 1. The quantitative estimate of drug-likeness (QED) is 0.584. The first-order valence-corrected chi connectivity index (χ1v) is 13.1. The van der Waals surface area contributed by atoms with Crippen LogP contribution >= 0.6 is 0 Å². The van der Waals surface area contributed by atoms with Crippen LogP contribution < -0.4 is 9.47 Å². The molecular weight excluding hydrogens is 440 g/mol. The average molecular weight is 477 g/mol. The van der Waals surface area contributed by atoms with Crippen LogP contribution in [0.1, 0.15) is 48.5 Å². The fraction of sp³-hybridized carbons (Fsp3) is 0.517. The Morgan fingerprint density at radius 3 is 2.29 bits per heavy atom. The fourth-order valence-corrected chi connectivity index (χ4v) is 5.71. The molecule has 0 spiro atoms. The summed E-state index contributed by atoms with van der Waals surface area (Å²) in [6.45, 7) is 6.33. The average Bonchev–Trinajstić information content (AvgIpc) is 2.92. The minimum Gasteiger partial charge on any atom is -0.486 e. The highest BCUT2D eigenvalue weighted by Crippen LogP contribution is 2.33. The Hall–Kier alpha value is -2.86. The van der Waals surface area contributed by atoms with Crippen LogP contribution in [0.5, 0.6) is 11.5 Å². The molecule has 2 saturated heterocycles. The number of carbonyl (C=O) groups is 2. The normalized spacial score (nSPS) is 20.4. The third-order valence-electron chi connectivity index (χ3n) is 7.93. The number of fused-ring (bicyclic) bond motifs is 1. The lowest BCUT2D eigenvalue weighted by molar-refractivity contribution is -0.138. The molecule has 0 radical (unpaired) electrons. The van der Waals surface area contributed by atoms with Crippen molar-refractivity contribution in [2.45, 2.75) is 45.1 Å². The molecule has 3 aliphatic rings. The van der Waals surface area contributed by atoms with Crippen molar-refractivity contribution in [2.75, 3.05) is 39.4 Å². The van der Waals surface area contributed by atoms with Crippen LogP contribution in [0.4, 0.5) is 0 Å². The van der Waals surface area contributed by atoms with E-state index >= 15 is 0 Å². The van der Waals surface area contributed by atoms with Gasteiger partial charge in [0.15, 0.2) is 17.3 Å². The molecule has 0 aliphatic carbocycles. The molecule has 2 aromatic carbocycles. The second-order valence-electron chi connectivity index (χ2n) is 10.2. The number of amides is 1. The zero-order valence-corrected chi connectivity index (χ0v) is 20.7. The molecule has 0 saturated carbocycles. The highest BCUT2D eigenvalue weighted by Gasteiger charge is 2.33. The molecule has 5 rings (SSSR count). The first-order chi connectivity index (χ1) is 17.1. The van der Waals surface area contributed by atoms with Crippen molar-refractivity contribution in [1.82, 2.24) is 9.80 Å². The number of nitrogens with zero attached hydrogens (tertiary/aromatic N) is 2. The molecule has 1 amide bonds. The summed E-state index contributed by atoms with van der Waals surface area (Å²) in [5.41, 5.74) is 2.08. The summed E-state index contributed by atoms with van der Waals surface area (Å²) < 4.78 is 11.2. The van der Waals surface area contributed by atoms with Crippen LogP contribution in [-0.2, 0) is 11.2 Å². The van der Waals surface area contributed by atoms with Gasteiger partial charge in [-0.25, -0.2) is 0 Å². The Labute approximate surface area is 208 Å². The molecule has 3 aliphatic heterocycles. The minimum atomic E-state index is -0.133. The molecule has 186 valence electrons. The van der Waals surface area contributed by atoms with Gasteiger partial charge in [0.1, 0.15) is 13.2 Å². The smallest absolute Gasteiger partial charge is 0.239 e. The van der Waals surface area contributed by atoms with Crippen molar-refractivity contribution in [3.8, 4) is 11.5 Å². The standard InChI is InChI=1S/C29H36N2O4/c1-21(29(33)31-13-9-23(10-14-31)19-22-5-3-2-4-6-22)30-15-11-24(12-16-30)28(32)25-7-8-26-27(20-25)35-18-17-34-26/h2-8,20-21,23-24H,9-19H2,1H3/t21-/m0/s1. The molecule has 0 unspecified atom stereocenters. The van der Waals surface area contributed by atoms with Crippen LogP contribution in [0.2, 0.25) is 0 Å². The van der Waals surface area contributed by atoms with Crippen LogP contribution in [0.3, 0.4) is 0 Å². The number of hydrogen-bond donors (Lipinski definition) is 0. The van der Waals surface area contributed by atoms with Gasteiger partial charge >= 0.3 is 0 Å². The Kier molecular flexibility index (Phi) is 7.37. The Balaban J connectivity index is 1.09. The van der Waals surface area contributed by atoms with Crippen molar-refractivity contribution in [2.24, 2.45) is 11.8 Å². The van der Waals surface area contributed by atoms with Crippen LogP contribution in [0.25, 0.3) is 0 Å². The highest BCUT2D eigenvalue weighted by molar-refractivity contribution is 5.98. The van der Waals surface area contributed by atoms with Crippen LogP contribution in [0.15, 0.2) is 48.5 Å². The maximum Gasteiger partial charge on any atom is 0.239 e. The van der Waals surface area contributed by atoms with Gasteiger partial charge in [0.2, 0.25) is 5.91 Å². The predicted octanol–water partition coefficient (Wildman–Crippen LogP) is 4.22. The van der Waals surface area contributed by atoms with Gasteiger partial charge in [0.25, 0.3) is 0 Å². The Morgan fingerprint density at radius 1 is 0.886 bits per heavy atom. The lowest BCUT2D eigenvalue weighted by atomic mass is 9.88. The molecule has 0 aromatic heterocycles. The fourth-order valence-electron chi connectivity index (χ4n) is 5.71. The molecule has 2 aromatic rings. The zero-order chi connectivity index (χ0) is 24.2. The molecule has 0 N–H and O–H groups in total. The van der Waals surface area contributed by atoms with Crippen molar-refractivity contribution < 1.29 is 19.1 Å². The van der Waals surface area contributed by atoms with Crippen molar-refractivity contribution in [3.63, 3.8) is 0 Å². The SMILES string of the molecule is C[C@@H](C(=O)N1CCC(Cc2ccccc2)CC1)N1CCC(C(=O)c2ccc3c(c2)OCCO3)CC1. The van der Waals surface area contributed by atoms with Gasteiger partial charge in [-0.3, -0.25) is 14.5 Å². The summed E-state index contributed by atoms with van der Waals surface area (Å²) in [5, 5.41) is 0.